The number of ether oxygens (including phenoxy) is 1. The third kappa shape index (κ3) is 3.93. The van der Waals surface area contributed by atoms with Crippen LogP contribution in [0.5, 0.6) is 5.75 Å². The number of hydrogen-bond donors (Lipinski definition) is 0. The minimum absolute atomic E-state index is 0.537. The Hall–Kier alpha value is -2.37. The minimum Gasteiger partial charge on any atom is -0.496 e. The van der Waals surface area contributed by atoms with Crippen LogP contribution in [0.25, 0.3) is 11.4 Å². The van der Waals surface area contributed by atoms with Crippen molar-refractivity contribution in [3.8, 4) is 17.1 Å². The van der Waals surface area contributed by atoms with Crippen LogP contribution in [-0.4, -0.2) is 29.2 Å². The van der Waals surface area contributed by atoms with Crippen molar-refractivity contribution in [1.82, 2.24) is 15.0 Å². The fraction of sp³-hybridized carbons (Fsp3) is 0.222. The van der Waals surface area contributed by atoms with Gasteiger partial charge in [-0.05, 0) is 25.2 Å². The first-order valence-corrected chi connectivity index (χ1v) is 7.92. The summed E-state index contributed by atoms with van der Waals surface area (Å²) in [5.41, 5.74) is 1.95. The molecule has 0 aliphatic carbocycles. The predicted molar refractivity (Wildman–Crippen MR) is 92.9 cm³/mol. The molecule has 0 aliphatic heterocycles. The zero-order chi connectivity index (χ0) is 16.9. The van der Waals surface area contributed by atoms with Gasteiger partial charge in [-0.25, -0.2) is 0 Å². The largest absolute Gasteiger partial charge is 0.496 e. The van der Waals surface area contributed by atoms with Crippen molar-refractivity contribution in [1.29, 1.82) is 0 Å². The number of benzene rings is 2. The third-order valence-corrected chi connectivity index (χ3v) is 3.82. The molecule has 1 heterocycles. The van der Waals surface area contributed by atoms with Crippen LogP contribution in [0.3, 0.4) is 0 Å². The van der Waals surface area contributed by atoms with Gasteiger partial charge in [0, 0.05) is 22.7 Å². The lowest BCUT2D eigenvalue weighted by atomic mass is 10.2. The Morgan fingerprint density at radius 3 is 2.67 bits per heavy atom. The van der Waals surface area contributed by atoms with Crippen LogP contribution in [0.15, 0.2) is 53.1 Å². The lowest BCUT2D eigenvalue weighted by molar-refractivity contribution is 0.257. The van der Waals surface area contributed by atoms with Gasteiger partial charge in [-0.1, -0.05) is 47.1 Å². The van der Waals surface area contributed by atoms with Gasteiger partial charge in [0.1, 0.15) is 5.75 Å². The second-order valence-electron chi connectivity index (χ2n) is 5.51. The molecule has 0 saturated carbocycles. The zero-order valence-electron chi connectivity index (χ0n) is 13.6. The first-order valence-electron chi connectivity index (χ1n) is 7.54. The van der Waals surface area contributed by atoms with Crippen LogP contribution in [0.4, 0.5) is 0 Å². The Balaban J connectivity index is 1.69. The lowest BCUT2D eigenvalue weighted by Gasteiger charge is -2.16. The highest BCUT2D eigenvalue weighted by Gasteiger charge is 2.13. The molecule has 3 rings (SSSR count). The monoisotopic (exact) mass is 343 g/mol. The number of aromatic nitrogens is 2. The second-order valence-corrected chi connectivity index (χ2v) is 5.94. The highest BCUT2D eigenvalue weighted by Crippen LogP contribution is 2.24. The van der Waals surface area contributed by atoms with Crippen molar-refractivity contribution < 1.29 is 9.26 Å². The van der Waals surface area contributed by atoms with Crippen molar-refractivity contribution in [2.24, 2.45) is 0 Å². The van der Waals surface area contributed by atoms with E-state index in [1.165, 1.54) is 0 Å². The molecular weight excluding hydrogens is 326 g/mol. The van der Waals surface area contributed by atoms with Gasteiger partial charge in [0.25, 0.3) is 0 Å². The average molecular weight is 344 g/mol. The summed E-state index contributed by atoms with van der Waals surface area (Å²) in [6, 6.07) is 15.3. The molecule has 3 aromatic rings. The Bertz CT molecular complexity index is 805. The summed E-state index contributed by atoms with van der Waals surface area (Å²) in [4.78, 5) is 6.51. The summed E-state index contributed by atoms with van der Waals surface area (Å²) in [6.45, 7) is 1.20. The van der Waals surface area contributed by atoms with Gasteiger partial charge >= 0.3 is 0 Å². The normalized spacial score (nSPS) is 11.0. The number of methoxy groups -OCH3 is 1. The molecule has 2 aromatic carbocycles. The van der Waals surface area contributed by atoms with Crippen LogP contribution in [0.1, 0.15) is 11.5 Å². The summed E-state index contributed by atoms with van der Waals surface area (Å²) in [5, 5.41) is 4.72. The summed E-state index contributed by atoms with van der Waals surface area (Å²) < 4.78 is 10.7. The second kappa shape index (κ2) is 7.47. The van der Waals surface area contributed by atoms with Gasteiger partial charge in [-0.3, -0.25) is 4.90 Å². The van der Waals surface area contributed by atoms with E-state index in [0.29, 0.717) is 29.8 Å². The van der Waals surface area contributed by atoms with Gasteiger partial charge in [-0.15, -0.1) is 0 Å². The molecule has 0 aliphatic rings. The fourth-order valence-corrected chi connectivity index (χ4v) is 2.67. The molecule has 0 fully saturated rings. The standard InChI is InChI=1S/C18H18ClN3O2/c1-22(11-14-10-15(19)8-9-16(14)23-2)12-17-20-18(21-24-17)13-6-4-3-5-7-13/h3-10H,11-12H2,1-2H3. The quantitative estimate of drug-likeness (QED) is 0.676. The topological polar surface area (TPSA) is 51.4 Å². The molecule has 0 atom stereocenters. The molecule has 1 aromatic heterocycles. The average Bonchev–Trinajstić information content (AvgIpc) is 3.04. The van der Waals surface area contributed by atoms with E-state index >= 15 is 0 Å². The highest BCUT2D eigenvalue weighted by atomic mass is 35.5. The van der Waals surface area contributed by atoms with Gasteiger partial charge in [0.15, 0.2) is 0 Å². The predicted octanol–water partition coefficient (Wildman–Crippen LogP) is 4.03. The Labute approximate surface area is 145 Å². The summed E-state index contributed by atoms with van der Waals surface area (Å²) in [6.07, 6.45) is 0. The van der Waals surface area contributed by atoms with Crippen LogP contribution in [0.2, 0.25) is 5.02 Å². The van der Waals surface area contributed by atoms with Crippen molar-refractivity contribution in [3.63, 3.8) is 0 Å². The van der Waals surface area contributed by atoms with Crippen LogP contribution in [-0.2, 0) is 13.1 Å². The molecule has 0 spiro atoms. The maximum absolute atomic E-state index is 6.07. The fourth-order valence-electron chi connectivity index (χ4n) is 2.47. The van der Waals surface area contributed by atoms with Crippen LogP contribution < -0.4 is 4.74 Å². The van der Waals surface area contributed by atoms with Crippen molar-refractivity contribution >= 4 is 11.6 Å². The number of halogens is 1. The molecule has 0 unspecified atom stereocenters. The van der Waals surface area contributed by atoms with Crippen LogP contribution >= 0.6 is 11.6 Å². The number of nitrogens with zero attached hydrogens (tertiary/aromatic N) is 3. The van der Waals surface area contributed by atoms with E-state index in [1.54, 1.807) is 7.11 Å². The zero-order valence-corrected chi connectivity index (χ0v) is 14.3. The van der Waals surface area contributed by atoms with Crippen molar-refractivity contribution in [2.75, 3.05) is 14.2 Å². The van der Waals surface area contributed by atoms with E-state index in [1.807, 2.05) is 55.6 Å². The van der Waals surface area contributed by atoms with Crippen molar-refractivity contribution in [3.05, 3.63) is 65.0 Å². The lowest BCUT2D eigenvalue weighted by Crippen LogP contribution is -2.18. The molecule has 0 radical (unpaired) electrons. The van der Waals surface area contributed by atoms with Gasteiger partial charge in [0.05, 0.1) is 13.7 Å². The molecule has 6 heteroatoms. The molecule has 0 N–H and O–H groups in total. The summed E-state index contributed by atoms with van der Waals surface area (Å²) >= 11 is 6.07. The molecule has 0 amide bonds. The molecule has 0 saturated heterocycles. The molecule has 5 nitrogen and oxygen atoms in total. The van der Waals surface area contributed by atoms with Crippen molar-refractivity contribution in [2.45, 2.75) is 13.1 Å². The van der Waals surface area contributed by atoms with Crippen LogP contribution in [0, 0.1) is 0 Å². The Morgan fingerprint density at radius 2 is 1.92 bits per heavy atom. The van der Waals surface area contributed by atoms with Gasteiger partial charge < -0.3 is 9.26 Å². The van der Waals surface area contributed by atoms with E-state index < -0.39 is 0 Å². The molecular formula is C18H18ClN3O2. The van der Waals surface area contributed by atoms with E-state index in [9.17, 15) is 0 Å². The SMILES string of the molecule is COc1ccc(Cl)cc1CN(C)Cc1nc(-c2ccccc2)no1. The maximum Gasteiger partial charge on any atom is 0.241 e. The maximum atomic E-state index is 6.07. The first kappa shape index (κ1) is 16.5. The van der Waals surface area contributed by atoms with Gasteiger partial charge in [0.2, 0.25) is 11.7 Å². The minimum atomic E-state index is 0.537. The first-order chi connectivity index (χ1) is 11.7. The smallest absolute Gasteiger partial charge is 0.241 e. The molecule has 0 bridgehead atoms. The van der Waals surface area contributed by atoms with Gasteiger partial charge in [-0.2, -0.15) is 4.98 Å². The molecule has 124 valence electrons. The summed E-state index contributed by atoms with van der Waals surface area (Å²) in [7, 11) is 3.63. The van der Waals surface area contributed by atoms with E-state index in [4.69, 9.17) is 20.9 Å². The Morgan fingerprint density at radius 1 is 1.12 bits per heavy atom. The van der Waals surface area contributed by atoms with E-state index in [2.05, 4.69) is 15.0 Å². The number of rotatable bonds is 6. The third-order valence-electron chi connectivity index (χ3n) is 3.59. The van der Waals surface area contributed by atoms with E-state index in [-0.39, 0.29) is 0 Å². The number of hydrogen-bond acceptors (Lipinski definition) is 5. The highest BCUT2D eigenvalue weighted by molar-refractivity contribution is 6.30. The molecule has 24 heavy (non-hydrogen) atoms. The Kier molecular flexibility index (Phi) is 5.13. The van der Waals surface area contributed by atoms with E-state index in [0.717, 1.165) is 16.9 Å². The summed E-state index contributed by atoms with van der Waals surface area (Å²) in [5.74, 6) is 1.97.